The van der Waals surface area contributed by atoms with Crippen molar-refractivity contribution in [2.45, 2.75) is 13.3 Å². The van der Waals surface area contributed by atoms with Crippen LogP contribution in [0, 0.1) is 5.92 Å². The molecule has 1 unspecified atom stereocenters. The van der Waals surface area contributed by atoms with Crippen molar-refractivity contribution in [3.05, 3.63) is 29.8 Å². The Kier molecular flexibility index (Phi) is 4.79. The summed E-state index contributed by atoms with van der Waals surface area (Å²) in [5.74, 6) is 0.142. The lowest BCUT2D eigenvalue weighted by Crippen LogP contribution is -2.30. The number of benzene rings is 1. The van der Waals surface area contributed by atoms with E-state index in [0.29, 0.717) is 13.0 Å². The zero-order valence-electron chi connectivity index (χ0n) is 9.31. The number of hydrogen-bond donors (Lipinski definition) is 3. The van der Waals surface area contributed by atoms with E-state index < -0.39 is 0 Å². The first-order valence-electron chi connectivity index (χ1n) is 5.25. The van der Waals surface area contributed by atoms with Crippen molar-refractivity contribution in [3.8, 4) is 5.75 Å². The van der Waals surface area contributed by atoms with E-state index in [2.05, 4.69) is 5.32 Å². The molecule has 1 rings (SSSR count). The summed E-state index contributed by atoms with van der Waals surface area (Å²) in [4.78, 5) is 10.7. The molecule has 0 spiro atoms. The van der Waals surface area contributed by atoms with Crippen LogP contribution in [0.2, 0.25) is 0 Å². The molecule has 0 radical (unpaired) electrons. The van der Waals surface area contributed by atoms with Crippen LogP contribution in [0.1, 0.15) is 12.5 Å². The molecule has 1 aromatic rings. The molecule has 0 heterocycles. The highest BCUT2D eigenvalue weighted by Crippen LogP contribution is 2.13. The van der Waals surface area contributed by atoms with Gasteiger partial charge in [0.15, 0.2) is 0 Å². The van der Waals surface area contributed by atoms with Crippen LogP contribution in [-0.2, 0) is 11.2 Å². The maximum absolute atomic E-state index is 10.7. The SMILES string of the molecule is CC(=O)NCC(CO)Cc1ccc(O)cc1. The van der Waals surface area contributed by atoms with E-state index in [1.165, 1.54) is 6.92 Å². The van der Waals surface area contributed by atoms with Crippen LogP contribution >= 0.6 is 0 Å². The Morgan fingerprint density at radius 3 is 2.50 bits per heavy atom. The first kappa shape index (κ1) is 12.5. The van der Waals surface area contributed by atoms with Gasteiger partial charge in [-0.25, -0.2) is 0 Å². The summed E-state index contributed by atoms with van der Waals surface area (Å²) in [5, 5.41) is 21.0. The van der Waals surface area contributed by atoms with Crippen LogP contribution in [0.25, 0.3) is 0 Å². The fourth-order valence-electron chi connectivity index (χ4n) is 1.45. The monoisotopic (exact) mass is 223 g/mol. The van der Waals surface area contributed by atoms with Crippen molar-refractivity contribution in [3.63, 3.8) is 0 Å². The largest absolute Gasteiger partial charge is 0.508 e. The van der Waals surface area contributed by atoms with Crippen LogP contribution in [0.3, 0.4) is 0 Å². The average molecular weight is 223 g/mol. The quantitative estimate of drug-likeness (QED) is 0.687. The molecular formula is C12H17NO3. The molecule has 0 aliphatic carbocycles. The molecule has 1 amide bonds. The maximum atomic E-state index is 10.7. The van der Waals surface area contributed by atoms with Crippen LogP contribution in [0.4, 0.5) is 0 Å². The number of phenolic OH excluding ortho intramolecular Hbond substituents is 1. The molecule has 0 aliphatic rings. The fraction of sp³-hybridized carbons (Fsp3) is 0.417. The molecule has 3 N–H and O–H groups in total. The van der Waals surface area contributed by atoms with E-state index in [1.54, 1.807) is 12.1 Å². The Balaban J connectivity index is 2.49. The van der Waals surface area contributed by atoms with Gasteiger partial charge in [0.05, 0.1) is 0 Å². The zero-order chi connectivity index (χ0) is 12.0. The number of aliphatic hydroxyl groups excluding tert-OH is 1. The Bertz CT molecular complexity index is 335. The van der Waals surface area contributed by atoms with Gasteiger partial charge < -0.3 is 15.5 Å². The summed E-state index contributed by atoms with van der Waals surface area (Å²) in [6, 6.07) is 6.85. The van der Waals surface area contributed by atoms with Crippen molar-refractivity contribution < 1.29 is 15.0 Å². The van der Waals surface area contributed by atoms with Crippen molar-refractivity contribution in [1.29, 1.82) is 0 Å². The second kappa shape index (κ2) is 6.12. The number of carbonyl (C=O) groups excluding carboxylic acids is 1. The maximum Gasteiger partial charge on any atom is 0.216 e. The van der Waals surface area contributed by atoms with Gasteiger partial charge in [0.2, 0.25) is 5.91 Å². The summed E-state index contributed by atoms with van der Waals surface area (Å²) in [6.45, 7) is 1.95. The number of aliphatic hydroxyl groups is 1. The summed E-state index contributed by atoms with van der Waals surface area (Å²) >= 11 is 0. The van der Waals surface area contributed by atoms with Gasteiger partial charge in [-0.3, -0.25) is 4.79 Å². The third-order valence-corrected chi connectivity index (χ3v) is 2.36. The molecule has 1 aromatic carbocycles. The van der Waals surface area contributed by atoms with Gasteiger partial charge in [-0.15, -0.1) is 0 Å². The van der Waals surface area contributed by atoms with E-state index in [4.69, 9.17) is 10.2 Å². The minimum Gasteiger partial charge on any atom is -0.508 e. The number of aromatic hydroxyl groups is 1. The van der Waals surface area contributed by atoms with E-state index in [-0.39, 0.29) is 24.2 Å². The predicted molar refractivity (Wildman–Crippen MR) is 61.1 cm³/mol. The Morgan fingerprint density at radius 1 is 1.38 bits per heavy atom. The number of hydrogen-bond acceptors (Lipinski definition) is 3. The fourth-order valence-corrected chi connectivity index (χ4v) is 1.45. The molecule has 4 heteroatoms. The van der Waals surface area contributed by atoms with Crippen molar-refractivity contribution in [2.24, 2.45) is 5.92 Å². The second-order valence-corrected chi connectivity index (χ2v) is 3.86. The molecule has 0 saturated heterocycles. The second-order valence-electron chi connectivity index (χ2n) is 3.86. The molecule has 0 saturated carbocycles. The average Bonchev–Trinajstić information content (AvgIpc) is 2.26. The molecule has 0 fully saturated rings. The first-order valence-corrected chi connectivity index (χ1v) is 5.25. The minimum atomic E-state index is -0.0934. The predicted octanol–water partition coefficient (Wildman–Crippen LogP) is 0.679. The highest BCUT2D eigenvalue weighted by Gasteiger charge is 2.09. The Morgan fingerprint density at radius 2 is 2.00 bits per heavy atom. The molecule has 0 aromatic heterocycles. The van der Waals surface area contributed by atoms with Crippen LogP contribution in [-0.4, -0.2) is 29.3 Å². The normalized spacial score (nSPS) is 12.1. The van der Waals surface area contributed by atoms with Crippen LogP contribution in [0.5, 0.6) is 5.75 Å². The Labute approximate surface area is 94.9 Å². The van der Waals surface area contributed by atoms with Crippen LogP contribution in [0.15, 0.2) is 24.3 Å². The first-order chi connectivity index (χ1) is 7.61. The summed E-state index contributed by atoms with van der Waals surface area (Å²) in [5.41, 5.74) is 1.03. The smallest absolute Gasteiger partial charge is 0.216 e. The van der Waals surface area contributed by atoms with Crippen molar-refractivity contribution in [1.82, 2.24) is 5.32 Å². The number of phenols is 1. The molecule has 0 bridgehead atoms. The minimum absolute atomic E-state index is 0.00782. The number of carbonyl (C=O) groups is 1. The molecule has 1 atom stereocenters. The van der Waals surface area contributed by atoms with Crippen molar-refractivity contribution in [2.75, 3.05) is 13.2 Å². The van der Waals surface area contributed by atoms with E-state index in [1.807, 2.05) is 12.1 Å². The van der Waals surface area contributed by atoms with Gasteiger partial charge in [0.1, 0.15) is 5.75 Å². The molecule has 88 valence electrons. The lowest BCUT2D eigenvalue weighted by Gasteiger charge is -2.14. The van der Waals surface area contributed by atoms with E-state index >= 15 is 0 Å². The topological polar surface area (TPSA) is 69.6 Å². The molecular weight excluding hydrogens is 206 g/mol. The van der Waals surface area contributed by atoms with E-state index in [9.17, 15) is 4.79 Å². The molecule has 4 nitrogen and oxygen atoms in total. The van der Waals surface area contributed by atoms with Crippen molar-refractivity contribution >= 4 is 5.91 Å². The zero-order valence-corrected chi connectivity index (χ0v) is 9.31. The third kappa shape index (κ3) is 4.31. The number of rotatable bonds is 5. The Hall–Kier alpha value is -1.55. The van der Waals surface area contributed by atoms with Gasteiger partial charge in [-0.2, -0.15) is 0 Å². The summed E-state index contributed by atoms with van der Waals surface area (Å²) in [6.07, 6.45) is 0.678. The van der Waals surface area contributed by atoms with E-state index in [0.717, 1.165) is 5.56 Å². The molecule has 0 aliphatic heterocycles. The number of nitrogens with one attached hydrogen (secondary N) is 1. The lowest BCUT2D eigenvalue weighted by molar-refractivity contribution is -0.119. The summed E-state index contributed by atoms with van der Waals surface area (Å²) in [7, 11) is 0. The lowest BCUT2D eigenvalue weighted by atomic mass is 10.00. The van der Waals surface area contributed by atoms with Gasteiger partial charge >= 0.3 is 0 Å². The molecule has 16 heavy (non-hydrogen) atoms. The highest BCUT2D eigenvalue weighted by molar-refractivity contribution is 5.72. The van der Waals surface area contributed by atoms with Gasteiger partial charge in [-0.1, -0.05) is 12.1 Å². The number of amides is 1. The summed E-state index contributed by atoms with van der Waals surface area (Å²) < 4.78 is 0. The third-order valence-electron chi connectivity index (χ3n) is 2.36. The standard InChI is InChI=1S/C12H17NO3/c1-9(15)13-7-11(8-14)6-10-2-4-12(16)5-3-10/h2-5,11,14,16H,6-8H2,1H3,(H,13,15). The van der Waals surface area contributed by atoms with Gasteiger partial charge in [-0.05, 0) is 24.1 Å². The highest BCUT2D eigenvalue weighted by atomic mass is 16.3. The van der Waals surface area contributed by atoms with Gasteiger partial charge in [0, 0.05) is 26.0 Å². The van der Waals surface area contributed by atoms with Crippen LogP contribution < -0.4 is 5.32 Å². The van der Waals surface area contributed by atoms with Gasteiger partial charge in [0.25, 0.3) is 0 Å².